The molecule has 0 aromatic heterocycles. The van der Waals surface area contributed by atoms with Gasteiger partial charge in [0.2, 0.25) is 0 Å². The molecule has 0 unspecified atom stereocenters. The third kappa shape index (κ3) is 2.55. The summed E-state index contributed by atoms with van der Waals surface area (Å²) in [5, 5.41) is 10.00. The van der Waals surface area contributed by atoms with Gasteiger partial charge in [-0.2, -0.15) is 5.26 Å². The normalized spacial score (nSPS) is 19.0. The Morgan fingerprint density at radius 1 is 1.12 bits per heavy atom. The lowest BCUT2D eigenvalue weighted by Crippen LogP contribution is -2.33. The highest BCUT2D eigenvalue weighted by Gasteiger charge is 2.21. The summed E-state index contributed by atoms with van der Waals surface area (Å²) >= 11 is 5.85. The molecule has 16 heavy (non-hydrogen) atoms. The van der Waals surface area contributed by atoms with Crippen molar-refractivity contribution in [2.45, 2.75) is 25.3 Å². The molecule has 3 heteroatoms. The lowest BCUT2D eigenvalue weighted by Gasteiger charge is -2.30. The Kier molecular flexibility index (Phi) is 3.82. The van der Waals surface area contributed by atoms with E-state index in [2.05, 4.69) is 11.0 Å². The van der Waals surface area contributed by atoms with Gasteiger partial charge in [-0.3, -0.25) is 4.90 Å². The molecule has 1 heterocycles. The molecule has 0 amide bonds. The van der Waals surface area contributed by atoms with Gasteiger partial charge in [-0.25, -0.2) is 0 Å². The molecule has 0 N–H and O–H groups in total. The topological polar surface area (TPSA) is 27.0 Å². The van der Waals surface area contributed by atoms with E-state index in [9.17, 15) is 5.26 Å². The number of likely N-dealkylation sites (tertiary alicyclic amines) is 1. The van der Waals surface area contributed by atoms with E-state index in [0.717, 1.165) is 23.7 Å². The zero-order chi connectivity index (χ0) is 11.4. The number of piperidine rings is 1. The van der Waals surface area contributed by atoms with Gasteiger partial charge in [0.1, 0.15) is 6.04 Å². The molecule has 2 rings (SSSR count). The van der Waals surface area contributed by atoms with Crippen LogP contribution in [0.4, 0.5) is 0 Å². The third-order valence-corrected chi connectivity index (χ3v) is 3.32. The van der Waals surface area contributed by atoms with Crippen molar-refractivity contribution in [2.24, 2.45) is 0 Å². The van der Waals surface area contributed by atoms with E-state index in [0.29, 0.717) is 0 Å². The molecule has 0 saturated carbocycles. The van der Waals surface area contributed by atoms with E-state index in [1.54, 1.807) is 0 Å². The van der Waals surface area contributed by atoms with Crippen molar-refractivity contribution in [3.05, 3.63) is 34.9 Å². The monoisotopic (exact) mass is 234 g/mol. The minimum atomic E-state index is -0.113. The molecule has 84 valence electrons. The minimum absolute atomic E-state index is 0.113. The van der Waals surface area contributed by atoms with Gasteiger partial charge in [0, 0.05) is 5.02 Å². The molecule has 0 radical (unpaired) electrons. The zero-order valence-corrected chi connectivity index (χ0v) is 9.95. The van der Waals surface area contributed by atoms with E-state index >= 15 is 0 Å². The van der Waals surface area contributed by atoms with Gasteiger partial charge in [0.05, 0.1) is 6.07 Å². The fraction of sp³-hybridized carbons (Fsp3) is 0.462. The molecule has 1 fully saturated rings. The number of rotatable bonds is 2. The molecule has 2 nitrogen and oxygen atoms in total. The Balaban J connectivity index is 2.15. The van der Waals surface area contributed by atoms with Crippen LogP contribution < -0.4 is 0 Å². The Bertz CT molecular complexity index is 374. The second-order valence-corrected chi connectivity index (χ2v) is 4.62. The quantitative estimate of drug-likeness (QED) is 0.784. The van der Waals surface area contributed by atoms with Crippen molar-refractivity contribution >= 4 is 11.6 Å². The van der Waals surface area contributed by atoms with Crippen LogP contribution in [0.1, 0.15) is 30.9 Å². The van der Waals surface area contributed by atoms with Crippen molar-refractivity contribution in [3.8, 4) is 6.07 Å². The van der Waals surface area contributed by atoms with E-state index in [1.165, 1.54) is 19.3 Å². The number of benzene rings is 1. The van der Waals surface area contributed by atoms with Crippen molar-refractivity contribution in [1.82, 2.24) is 4.90 Å². The largest absolute Gasteiger partial charge is 0.284 e. The molecule has 0 spiro atoms. The van der Waals surface area contributed by atoms with Crippen LogP contribution in [0.5, 0.6) is 0 Å². The summed E-state index contributed by atoms with van der Waals surface area (Å²) in [7, 11) is 0. The summed E-state index contributed by atoms with van der Waals surface area (Å²) in [6.07, 6.45) is 3.69. The van der Waals surface area contributed by atoms with Crippen molar-refractivity contribution < 1.29 is 0 Å². The van der Waals surface area contributed by atoms with Crippen molar-refractivity contribution in [3.63, 3.8) is 0 Å². The Hall–Kier alpha value is -1.04. The SMILES string of the molecule is N#C[C@@H](c1ccc(Cl)cc1)N1CCCCC1. The van der Waals surface area contributed by atoms with Crippen LogP contribution in [-0.4, -0.2) is 18.0 Å². The van der Waals surface area contributed by atoms with E-state index in [4.69, 9.17) is 11.6 Å². The first kappa shape index (κ1) is 11.4. The first-order valence-electron chi connectivity index (χ1n) is 5.70. The van der Waals surface area contributed by atoms with E-state index in [1.807, 2.05) is 24.3 Å². The molecule has 1 aromatic carbocycles. The number of halogens is 1. The van der Waals surface area contributed by atoms with Gasteiger partial charge in [-0.1, -0.05) is 30.2 Å². The molecule has 1 atom stereocenters. The van der Waals surface area contributed by atoms with Crippen LogP contribution in [-0.2, 0) is 0 Å². The first-order chi connectivity index (χ1) is 7.81. The summed E-state index contributed by atoms with van der Waals surface area (Å²) < 4.78 is 0. The summed E-state index contributed by atoms with van der Waals surface area (Å²) in [6, 6.07) is 9.88. The maximum atomic E-state index is 9.28. The predicted octanol–water partition coefficient (Wildman–Crippen LogP) is 3.39. The maximum absolute atomic E-state index is 9.28. The molecule has 1 saturated heterocycles. The summed E-state index contributed by atoms with van der Waals surface area (Å²) in [6.45, 7) is 2.06. The van der Waals surface area contributed by atoms with Crippen molar-refractivity contribution in [2.75, 3.05) is 13.1 Å². The first-order valence-corrected chi connectivity index (χ1v) is 6.08. The second kappa shape index (κ2) is 5.34. The van der Waals surface area contributed by atoms with Crippen LogP contribution in [0, 0.1) is 11.3 Å². The highest BCUT2D eigenvalue weighted by atomic mass is 35.5. The fourth-order valence-electron chi connectivity index (χ4n) is 2.19. The maximum Gasteiger partial charge on any atom is 0.123 e. The van der Waals surface area contributed by atoms with Crippen LogP contribution in [0.25, 0.3) is 0 Å². The van der Waals surface area contributed by atoms with Crippen LogP contribution in [0.3, 0.4) is 0 Å². The Morgan fingerprint density at radius 3 is 2.31 bits per heavy atom. The number of hydrogen-bond acceptors (Lipinski definition) is 2. The second-order valence-electron chi connectivity index (χ2n) is 4.18. The molecule has 1 aromatic rings. The van der Waals surface area contributed by atoms with Crippen LogP contribution >= 0.6 is 11.6 Å². The number of hydrogen-bond donors (Lipinski definition) is 0. The predicted molar refractivity (Wildman–Crippen MR) is 65.2 cm³/mol. The number of nitriles is 1. The standard InChI is InChI=1S/C13H15ClN2/c14-12-6-4-11(5-7-12)13(10-15)16-8-2-1-3-9-16/h4-7,13H,1-3,8-9H2/t13-/m0/s1. The molecular weight excluding hydrogens is 220 g/mol. The van der Waals surface area contributed by atoms with Gasteiger partial charge >= 0.3 is 0 Å². The fourth-order valence-corrected chi connectivity index (χ4v) is 2.31. The van der Waals surface area contributed by atoms with Gasteiger partial charge in [-0.15, -0.1) is 0 Å². The molecular formula is C13H15ClN2. The number of nitrogens with zero attached hydrogens (tertiary/aromatic N) is 2. The van der Waals surface area contributed by atoms with E-state index < -0.39 is 0 Å². The highest BCUT2D eigenvalue weighted by Crippen LogP contribution is 2.24. The average molecular weight is 235 g/mol. The molecule has 0 bridgehead atoms. The highest BCUT2D eigenvalue weighted by molar-refractivity contribution is 6.30. The lowest BCUT2D eigenvalue weighted by molar-refractivity contribution is 0.196. The summed E-state index contributed by atoms with van der Waals surface area (Å²) in [4.78, 5) is 2.26. The van der Waals surface area contributed by atoms with Crippen LogP contribution in [0.15, 0.2) is 24.3 Å². The molecule has 1 aliphatic rings. The van der Waals surface area contributed by atoms with Gasteiger partial charge < -0.3 is 0 Å². The summed E-state index contributed by atoms with van der Waals surface area (Å²) in [5.41, 5.74) is 1.05. The van der Waals surface area contributed by atoms with Gasteiger partial charge in [-0.05, 0) is 43.6 Å². The Labute approximate surface area is 101 Å². The molecule has 0 aliphatic carbocycles. The Morgan fingerprint density at radius 2 is 1.75 bits per heavy atom. The average Bonchev–Trinajstić information content (AvgIpc) is 2.34. The minimum Gasteiger partial charge on any atom is -0.284 e. The molecule has 1 aliphatic heterocycles. The smallest absolute Gasteiger partial charge is 0.123 e. The third-order valence-electron chi connectivity index (χ3n) is 3.06. The van der Waals surface area contributed by atoms with Crippen molar-refractivity contribution in [1.29, 1.82) is 5.26 Å². The van der Waals surface area contributed by atoms with Gasteiger partial charge in [0.15, 0.2) is 0 Å². The van der Waals surface area contributed by atoms with E-state index in [-0.39, 0.29) is 6.04 Å². The lowest BCUT2D eigenvalue weighted by atomic mass is 10.0. The summed E-state index contributed by atoms with van der Waals surface area (Å²) in [5.74, 6) is 0. The zero-order valence-electron chi connectivity index (χ0n) is 9.19. The van der Waals surface area contributed by atoms with Gasteiger partial charge in [0.25, 0.3) is 0 Å². The van der Waals surface area contributed by atoms with Crippen LogP contribution in [0.2, 0.25) is 5.02 Å².